The highest BCUT2D eigenvalue weighted by Crippen LogP contribution is 2.28. The number of aryl methyl sites for hydroxylation is 2. The van der Waals surface area contributed by atoms with Crippen LogP contribution in [0.5, 0.6) is 0 Å². The van der Waals surface area contributed by atoms with Crippen molar-refractivity contribution in [3.8, 4) is 0 Å². The number of rotatable bonds is 11. The predicted molar refractivity (Wildman–Crippen MR) is 150 cm³/mol. The van der Waals surface area contributed by atoms with Crippen LogP contribution in [0.2, 0.25) is 0 Å². The number of hydrogen-bond acceptors (Lipinski definition) is 7. The lowest BCUT2D eigenvalue weighted by molar-refractivity contribution is -0.146. The zero-order valence-electron chi connectivity index (χ0n) is 23.4. The van der Waals surface area contributed by atoms with Crippen molar-refractivity contribution in [3.05, 3.63) is 35.5 Å². The number of hydrogen-bond donors (Lipinski definition) is 1. The van der Waals surface area contributed by atoms with E-state index in [-0.39, 0.29) is 30.5 Å². The molecular formula is C29H41N5O5. The van der Waals surface area contributed by atoms with Gasteiger partial charge in [-0.2, -0.15) is 5.10 Å². The first kappa shape index (κ1) is 28.6. The molecule has 0 aliphatic carbocycles. The number of nitrogens with zero attached hydrogens (tertiary/aromatic N) is 4. The number of nitrogens with one attached hydrogen (secondary N) is 1. The number of fused-ring (bicyclic) bond motifs is 1. The number of carbonyl (C=O) groups is 3. The van der Waals surface area contributed by atoms with Crippen LogP contribution in [0.4, 0.5) is 4.79 Å². The molecule has 2 amide bonds. The number of amides is 2. The lowest BCUT2D eigenvalue weighted by Crippen LogP contribution is -2.48. The maximum Gasteiger partial charge on any atom is 0.427 e. The number of aromatic nitrogens is 1. The topological polar surface area (TPSA) is 105 Å². The van der Waals surface area contributed by atoms with Crippen molar-refractivity contribution in [3.63, 3.8) is 0 Å². The third kappa shape index (κ3) is 6.98. The summed E-state index contributed by atoms with van der Waals surface area (Å²) >= 11 is 0. The van der Waals surface area contributed by atoms with E-state index in [0.29, 0.717) is 13.2 Å². The molecule has 0 bridgehead atoms. The molecule has 2 atom stereocenters. The number of benzene rings is 1. The van der Waals surface area contributed by atoms with Crippen LogP contribution in [0.15, 0.2) is 29.4 Å². The normalized spacial score (nSPS) is 19.7. The Bertz CT molecular complexity index is 1190. The van der Waals surface area contributed by atoms with Crippen LogP contribution < -0.4 is 5.43 Å². The maximum absolute atomic E-state index is 13.6. The summed E-state index contributed by atoms with van der Waals surface area (Å²) in [4.78, 5) is 41.1. The summed E-state index contributed by atoms with van der Waals surface area (Å²) in [6.45, 7) is 8.89. The lowest BCUT2D eigenvalue weighted by atomic mass is 10.1. The molecular weight excluding hydrogens is 498 g/mol. The largest absolute Gasteiger partial charge is 0.465 e. The molecule has 2 aliphatic rings. The molecule has 0 spiro atoms. The summed E-state index contributed by atoms with van der Waals surface area (Å²) in [5, 5.41) is 5.14. The van der Waals surface area contributed by atoms with Crippen LogP contribution in [0.1, 0.15) is 64.1 Å². The Hall–Kier alpha value is -3.40. The van der Waals surface area contributed by atoms with Gasteiger partial charge in [-0.1, -0.05) is 12.1 Å². The Morgan fingerprint density at radius 2 is 1.85 bits per heavy atom. The van der Waals surface area contributed by atoms with E-state index in [2.05, 4.69) is 45.1 Å². The predicted octanol–water partition coefficient (Wildman–Crippen LogP) is 3.69. The van der Waals surface area contributed by atoms with Crippen LogP contribution in [-0.4, -0.2) is 83.5 Å². The Labute approximate surface area is 230 Å². The van der Waals surface area contributed by atoms with Crippen LogP contribution in [0.3, 0.4) is 0 Å². The van der Waals surface area contributed by atoms with E-state index in [1.807, 2.05) is 11.0 Å². The van der Waals surface area contributed by atoms with Crippen molar-refractivity contribution in [1.82, 2.24) is 19.8 Å². The minimum atomic E-state index is -0.576. The van der Waals surface area contributed by atoms with E-state index in [0.717, 1.165) is 74.6 Å². The van der Waals surface area contributed by atoms with Gasteiger partial charge in [0.15, 0.2) is 0 Å². The molecule has 39 heavy (non-hydrogen) atoms. The number of ether oxygens (including phenoxy) is 2. The minimum Gasteiger partial charge on any atom is -0.465 e. The lowest BCUT2D eigenvalue weighted by Gasteiger charge is -2.31. The molecule has 10 nitrogen and oxygen atoms in total. The fourth-order valence-corrected chi connectivity index (χ4v) is 5.91. The van der Waals surface area contributed by atoms with Crippen molar-refractivity contribution >= 4 is 35.1 Å². The molecule has 2 unspecified atom stereocenters. The molecule has 212 valence electrons. The van der Waals surface area contributed by atoms with Crippen molar-refractivity contribution in [1.29, 1.82) is 0 Å². The highest BCUT2D eigenvalue weighted by atomic mass is 16.6. The second kappa shape index (κ2) is 13.6. The van der Waals surface area contributed by atoms with Gasteiger partial charge < -0.3 is 18.9 Å². The molecule has 4 rings (SSSR count). The first-order valence-corrected chi connectivity index (χ1v) is 14.2. The van der Waals surface area contributed by atoms with Gasteiger partial charge in [-0.15, -0.1) is 0 Å². The summed E-state index contributed by atoms with van der Waals surface area (Å²) in [6, 6.07) is 8.33. The van der Waals surface area contributed by atoms with E-state index in [4.69, 9.17) is 9.47 Å². The highest BCUT2D eigenvalue weighted by molar-refractivity contribution is 5.90. The van der Waals surface area contributed by atoms with Gasteiger partial charge in [0.05, 0.1) is 32.0 Å². The van der Waals surface area contributed by atoms with Gasteiger partial charge in [0.1, 0.15) is 0 Å². The van der Waals surface area contributed by atoms with Crippen LogP contribution in [-0.2, 0) is 32.0 Å². The van der Waals surface area contributed by atoms with Gasteiger partial charge in [-0.3, -0.25) is 14.5 Å². The number of hydrazone groups is 1. The molecule has 2 saturated heterocycles. The Kier molecular flexibility index (Phi) is 9.97. The van der Waals surface area contributed by atoms with Crippen LogP contribution >= 0.6 is 0 Å². The molecule has 1 aromatic heterocycles. The van der Waals surface area contributed by atoms with Gasteiger partial charge in [-0.25, -0.2) is 10.2 Å². The first-order valence-electron chi connectivity index (χ1n) is 14.2. The second-order valence-electron chi connectivity index (χ2n) is 10.1. The third-order valence-electron chi connectivity index (χ3n) is 7.66. The quantitative estimate of drug-likeness (QED) is 0.265. The van der Waals surface area contributed by atoms with Gasteiger partial charge in [0, 0.05) is 30.3 Å². The molecule has 1 N–H and O–H groups in total. The fraction of sp³-hybridized carbons (Fsp3) is 0.586. The summed E-state index contributed by atoms with van der Waals surface area (Å²) in [5.41, 5.74) is 5.61. The first-order chi connectivity index (χ1) is 18.9. The van der Waals surface area contributed by atoms with E-state index in [9.17, 15) is 14.4 Å². The summed E-state index contributed by atoms with van der Waals surface area (Å²) < 4.78 is 12.3. The van der Waals surface area contributed by atoms with E-state index in [1.54, 1.807) is 20.1 Å². The highest BCUT2D eigenvalue weighted by Gasteiger charge is 2.38. The monoisotopic (exact) mass is 539 g/mol. The van der Waals surface area contributed by atoms with Gasteiger partial charge in [0.2, 0.25) is 5.91 Å². The standard InChI is InChI=1S/C29H41N5O5/c1-4-33-24(18-22-12-11-21(17-26(22)33)19-30-31-29(37)39-6-3)14-13-23-9-7-16-34(23)28(36)25-10-8-15-32(25)20-27(35)38-5-2/h11-12,17-19,23,25H,4-10,13-16,20H2,1-3H3,(H,31,37). The number of carbonyl (C=O) groups excluding carboxylic acids is 3. The van der Waals surface area contributed by atoms with Crippen molar-refractivity contribution in [2.45, 2.75) is 77.9 Å². The Balaban J connectivity index is 1.41. The zero-order chi connectivity index (χ0) is 27.8. The molecule has 0 radical (unpaired) electrons. The average molecular weight is 540 g/mol. The minimum absolute atomic E-state index is 0.163. The zero-order valence-corrected chi connectivity index (χ0v) is 23.4. The van der Waals surface area contributed by atoms with Crippen LogP contribution in [0.25, 0.3) is 10.9 Å². The fourth-order valence-electron chi connectivity index (χ4n) is 5.91. The summed E-state index contributed by atoms with van der Waals surface area (Å²) in [5.74, 6) is -0.0945. The van der Waals surface area contributed by atoms with Gasteiger partial charge in [0.25, 0.3) is 0 Å². The van der Waals surface area contributed by atoms with Crippen molar-refractivity contribution < 1.29 is 23.9 Å². The number of likely N-dealkylation sites (tertiary alicyclic amines) is 2. The number of esters is 1. The molecule has 0 saturated carbocycles. The van der Waals surface area contributed by atoms with E-state index in [1.165, 1.54) is 5.69 Å². The van der Waals surface area contributed by atoms with E-state index < -0.39 is 6.09 Å². The van der Waals surface area contributed by atoms with Gasteiger partial charge in [-0.05, 0) is 88.9 Å². The van der Waals surface area contributed by atoms with Crippen molar-refractivity contribution in [2.24, 2.45) is 5.10 Å². The molecule has 2 fully saturated rings. The maximum atomic E-state index is 13.6. The third-order valence-corrected chi connectivity index (χ3v) is 7.66. The molecule has 10 heteroatoms. The molecule has 2 aromatic rings. The molecule has 1 aromatic carbocycles. The van der Waals surface area contributed by atoms with E-state index >= 15 is 0 Å². The molecule has 3 heterocycles. The average Bonchev–Trinajstić information content (AvgIpc) is 3.65. The van der Waals surface area contributed by atoms with Gasteiger partial charge >= 0.3 is 12.1 Å². The SMILES string of the molecule is CCOC(=O)CN1CCCC1C(=O)N1CCCC1CCc1cc2ccc(C=NNC(=O)OCC)cc2n1CC. The summed E-state index contributed by atoms with van der Waals surface area (Å²) in [7, 11) is 0. The van der Waals surface area contributed by atoms with Crippen LogP contribution in [0, 0.1) is 0 Å². The smallest absolute Gasteiger partial charge is 0.427 e. The summed E-state index contributed by atoms with van der Waals surface area (Å²) in [6.07, 6.45) is 6.57. The van der Waals surface area contributed by atoms with Crippen molar-refractivity contribution in [2.75, 3.05) is 32.8 Å². The Morgan fingerprint density at radius 1 is 1.05 bits per heavy atom. The molecule has 2 aliphatic heterocycles. The Morgan fingerprint density at radius 3 is 2.62 bits per heavy atom. The second-order valence-corrected chi connectivity index (χ2v) is 10.1.